The largest absolute Gasteiger partial charge is 0.497 e. The van der Waals surface area contributed by atoms with Crippen LogP contribution in [0.2, 0.25) is 0 Å². The lowest BCUT2D eigenvalue weighted by atomic mass is 10.0. The Bertz CT molecular complexity index is 590. The average molecular weight is 283 g/mol. The molecule has 0 radical (unpaired) electrons. The predicted molar refractivity (Wildman–Crippen MR) is 85.1 cm³/mol. The van der Waals surface area contributed by atoms with Crippen LogP contribution in [0.1, 0.15) is 24.4 Å². The molecule has 1 unspecified atom stereocenters. The molecule has 0 spiro atoms. The van der Waals surface area contributed by atoms with Gasteiger partial charge < -0.3 is 14.8 Å². The minimum absolute atomic E-state index is 0.350. The summed E-state index contributed by atoms with van der Waals surface area (Å²) in [6, 6.07) is 16.8. The van der Waals surface area contributed by atoms with Gasteiger partial charge in [-0.25, -0.2) is 0 Å². The van der Waals surface area contributed by atoms with Crippen molar-refractivity contribution in [2.45, 2.75) is 18.9 Å². The lowest BCUT2D eigenvalue weighted by molar-refractivity contribution is 0.414. The standard InChI is InChI=1S/C18H21NO2/c1-20-16-10-8-14(9-11-16)18(13-6-7-13)19-15-4-3-5-17(12-15)21-2/h3-5,8-13,18-19H,6-7H2,1-2H3. The molecule has 1 fully saturated rings. The third-order valence-corrected chi connectivity index (χ3v) is 3.96. The van der Waals surface area contributed by atoms with Gasteiger partial charge in [0.15, 0.2) is 0 Å². The van der Waals surface area contributed by atoms with Gasteiger partial charge in [-0.05, 0) is 48.6 Å². The summed E-state index contributed by atoms with van der Waals surface area (Å²) in [5.74, 6) is 2.49. The molecule has 0 aromatic heterocycles. The summed E-state index contributed by atoms with van der Waals surface area (Å²) in [6.07, 6.45) is 2.57. The Balaban J connectivity index is 1.80. The molecule has 1 aliphatic rings. The topological polar surface area (TPSA) is 30.5 Å². The third kappa shape index (κ3) is 3.30. The molecule has 1 saturated carbocycles. The summed E-state index contributed by atoms with van der Waals surface area (Å²) in [7, 11) is 3.39. The molecule has 2 aromatic rings. The summed E-state index contributed by atoms with van der Waals surface area (Å²) in [4.78, 5) is 0. The first kappa shape index (κ1) is 13.8. The SMILES string of the molecule is COc1ccc(C(Nc2cccc(OC)c2)C2CC2)cc1. The molecule has 0 heterocycles. The van der Waals surface area contributed by atoms with E-state index in [1.807, 2.05) is 30.3 Å². The lowest BCUT2D eigenvalue weighted by Gasteiger charge is -2.20. The van der Waals surface area contributed by atoms with Crippen molar-refractivity contribution in [1.29, 1.82) is 0 Å². The predicted octanol–water partition coefficient (Wildman–Crippen LogP) is 4.27. The van der Waals surface area contributed by atoms with Gasteiger partial charge in [0.1, 0.15) is 11.5 Å². The first-order valence-corrected chi connectivity index (χ1v) is 7.34. The van der Waals surface area contributed by atoms with Crippen LogP contribution >= 0.6 is 0 Å². The van der Waals surface area contributed by atoms with Crippen molar-refractivity contribution in [3.63, 3.8) is 0 Å². The van der Waals surface area contributed by atoms with Crippen molar-refractivity contribution >= 4 is 5.69 Å². The zero-order chi connectivity index (χ0) is 14.7. The summed E-state index contributed by atoms with van der Waals surface area (Å²) in [5.41, 5.74) is 2.41. The first-order valence-electron chi connectivity index (χ1n) is 7.34. The molecule has 3 heteroatoms. The molecule has 110 valence electrons. The highest BCUT2D eigenvalue weighted by molar-refractivity contribution is 5.50. The number of benzene rings is 2. The van der Waals surface area contributed by atoms with Crippen molar-refractivity contribution < 1.29 is 9.47 Å². The summed E-state index contributed by atoms with van der Waals surface area (Å²) < 4.78 is 10.5. The normalized spacial score (nSPS) is 15.3. The Morgan fingerprint density at radius 1 is 0.952 bits per heavy atom. The zero-order valence-electron chi connectivity index (χ0n) is 12.5. The number of hydrogen-bond acceptors (Lipinski definition) is 3. The van der Waals surface area contributed by atoms with Crippen molar-refractivity contribution in [1.82, 2.24) is 0 Å². The molecular formula is C18H21NO2. The van der Waals surface area contributed by atoms with Gasteiger partial charge in [-0.15, -0.1) is 0 Å². The summed E-state index contributed by atoms with van der Waals surface area (Å²) in [5, 5.41) is 3.65. The second-order valence-corrected chi connectivity index (χ2v) is 5.46. The van der Waals surface area contributed by atoms with E-state index < -0.39 is 0 Å². The van der Waals surface area contributed by atoms with Crippen molar-refractivity contribution in [2.24, 2.45) is 5.92 Å². The highest BCUT2D eigenvalue weighted by Gasteiger charge is 2.32. The molecule has 1 atom stereocenters. The number of hydrogen-bond donors (Lipinski definition) is 1. The Labute approximate surface area is 125 Å². The Morgan fingerprint density at radius 2 is 1.67 bits per heavy atom. The number of anilines is 1. The minimum atomic E-state index is 0.350. The van der Waals surface area contributed by atoms with E-state index in [4.69, 9.17) is 9.47 Å². The Hall–Kier alpha value is -2.16. The quantitative estimate of drug-likeness (QED) is 0.859. The molecule has 0 aliphatic heterocycles. The maximum Gasteiger partial charge on any atom is 0.120 e. The van der Waals surface area contributed by atoms with Crippen LogP contribution in [0.15, 0.2) is 48.5 Å². The molecule has 2 aromatic carbocycles. The number of rotatable bonds is 6. The van der Waals surface area contributed by atoms with Crippen molar-refractivity contribution in [3.05, 3.63) is 54.1 Å². The van der Waals surface area contributed by atoms with E-state index in [0.29, 0.717) is 12.0 Å². The Kier molecular flexibility index (Phi) is 4.00. The molecule has 0 amide bonds. The highest BCUT2D eigenvalue weighted by Crippen LogP contribution is 2.43. The van der Waals surface area contributed by atoms with Gasteiger partial charge in [0.05, 0.1) is 20.3 Å². The average Bonchev–Trinajstić information content (AvgIpc) is 3.38. The van der Waals surface area contributed by atoms with Gasteiger partial charge >= 0.3 is 0 Å². The van der Waals surface area contributed by atoms with Crippen LogP contribution in [0.5, 0.6) is 11.5 Å². The van der Waals surface area contributed by atoms with Crippen molar-refractivity contribution in [3.8, 4) is 11.5 Å². The minimum Gasteiger partial charge on any atom is -0.497 e. The second kappa shape index (κ2) is 6.08. The monoisotopic (exact) mass is 283 g/mol. The van der Waals surface area contributed by atoms with Gasteiger partial charge in [-0.3, -0.25) is 0 Å². The van der Waals surface area contributed by atoms with Gasteiger partial charge in [0.25, 0.3) is 0 Å². The molecule has 0 bridgehead atoms. The molecule has 3 nitrogen and oxygen atoms in total. The van der Waals surface area contributed by atoms with Crippen molar-refractivity contribution in [2.75, 3.05) is 19.5 Å². The second-order valence-electron chi connectivity index (χ2n) is 5.46. The van der Waals surface area contributed by atoms with E-state index in [1.165, 1.54) is 18.4 Å². The number of nitrogens with one attached hydrogen (secondary N) is 1. The fourth-order valence-electron chi connectivity index (χ4n) is 2.61. The van der Waals surface area contributed by atoms with E-state index >= 15 is 0 Å². The van der Waals surface area contributed by atoms with Crippen LogP contribution in [0.3, 0.4) is 0 Å². The fourth-order valence-corrected chi connectivity index (χ4v) is 2.61. The smallest absolute Gasteiger partial charge is 0.120 e. The van der Waals surface area contributed by atoms with E-state index in [0.717, 1.165) is 17.2 Å². The summed E-state index contributed by atoms with van der Waals surface area (Å²) in [6.45, 7) is 0. The van der Waals surface area contributed by atoms with Crippen LogP contribution in [-0.4, -0.2) is 14.2 Å². The molecule has 1 aliphatic carbocycles. The van der Waals surface area contributed by atoms with Crippen LogP contribution in [0.4, 0.5) is 5.69 Å². The van der Waals surface area contributed by atoms with E-state index in [-0.39, 0.29) is 0 Å². The van der Waals surface area contributed by atoms with Crippen LogP contribution < -0.4 is 14.8 Å². The van der Waals surface area contributed by atoms with Gasteiger partial charge in [-0.2, -0.15) is 0 Å². The van der Waals surface area contributed by atoms with Crippen LogP contribution in [0, 0.1) is 5.92 Å². The molecule has 1 N–H and O–H groups in total. The fraction of sp³-hybridized carbons (Fsp3) is 0.333. The van der Waals surface area contributed by atoms with Gasteiger partial charge in [-0.1, -0.05) is 18.2 Å². The molecule has 21 heavy (non-hydrogen) atoms. The Morgan fingerprint density at radius 3 is 2.29 bits per heavy atom. The lowest BCUT2D eigenvalue weighted by Crippen LogP contribution is -2.12. The first-order chi connectivity index (χ1) is 10.3. The van der Waals surface area contributed by atoms with E-state index in [2.05, 4.69) is 23.5 Å². The highest BCUT2D eigenvalue weighted by atomic mass is 16.5. The van der Waals surface area contributed by atoms with Gasteiger partial charge in [0.2, 0.25) is 0 Å². The number of methoxy groups -OCH3 is 2. The van der Waals surface area contributed by atoms with E-state index in [9.17, 15) is 0 Å². The molecule has 0 saturated heterocycles. The van der Waals surface area contributed by atoms with Crippen LogP contribution in [0.25, 0.3) is 0 Å². The van der Waals surface area contributed by atoms with Gasteiger partial charge in [0, 0.05) is 11.8 Å². The number of ether oxygens (including phenoxy) is 2. The molecule has 3 rings (SSSR count). The zero-order valence-corrected chi connectivity index (χ0v) is 12.5. The maximum absolute atomic E-state index is 5.29. The third-order valence-electron chi connectivity index (χ3n) is 3.96. The maximum atomic E-state index is 5.29. The van der Waals surface area contributed by atoms with E-state index in [1.54, 1.807) is 14.2 Å². The molecular weight excluding hydrogens is 262 g/mol. The summed E-state index contributed by atoms with van der Waals surface area (Å²) >= 11 is 0. The van der Waals surface area contributed by atoms with Crippen LogP contribution in [-0.2, 0) is 0 Å².